The number of fused-ring (bicyclic) bond motifs is 2. The van der Waals surface area contributed by atoms with Gasteiger partial charge in [-0.2, -0.15) is 0 Å². The van der Waals surface area contributed by atoms with Crippen molar-refractivity contribution in [3.63, 3.8) is 0 Å². The van der Waals surface area contributed by atoms with Crippen molar-refractivity contribution in [2.24, 2.45) is 0 Å². The molecule has 2 amide bonds. The number of amides is 2. The number of anilines is 1. The standard InChI is InChI=1S/C26H24N4O2S/c1-26(25(32)29(2)21-14-8-9-15-22(21)33-26)24(31)27-16-23-28-19-12-6-7-13-20(19)30(23)17-18-10-4-3-5-11-18/h3-15H,16-17H2,1-2H3,(H,27,31). The van der Waals surface area contributed by atoms with Crippen molar-refractivity contribution < 1.29 is 9.59 Å². The minimum Gasteiger partial charge on any atom is -0.347 e. The highest BCUT2D eigenvalue weighted by Crippen LogP contribution is 2.44. The Morgan fingerprint density at radius 1 is 1.00 bits per heavy atom. The molecule has 3 aromatic carbocycles. The molecule has 0 fully saturated rings. The third kappa shape index (κ3) is 3.78. The highest BCUT2D eigenvalue weighted by molar-refractivity contribution is 8.02. The van der Waals surface area contributed by atoms with Gasteiger partial charge in [-0.15, -0.1) is 0 Å². The van der Waals surface area contributed by atoms with Crippen molar-refractivity contribution in [3.05, 3.63) is 90.3 Å². The van der Waals surface area contributed by atoms with Crippen molar-refractivity contribution in [3.8, 4) is 0 Å². The fourth-order valence-electron chi connectivity index (χ4n) is 4.19. The van der Waals surface area contributed by atoms with Gasteiger partial charge in [-0.25, -0.2) is 4.98 Å². The fourth-order valence-corrected chi connectivity index (χ4v) is 5.47. The van der Waals surface area contributed by atoms with Gasteiger partial charge in [0.15, 0.2) is 4.75 Å². The molecule has 0 spiro atoms. The zero-order chi connectivity index (χ0) is 23.0. The number of imidazole rings is 1. The number of carbonyl (C=O) groups excluding carboxylic acids is 2. The summed E-state index contributed by atoms with van der Waals surface area (Å²) < 4.78 is 0.865. The van der Waals surface area contributed by atoms with Crippen LogP contribution in [-0.4, -0.2) is 33.2 Å². The molecule has 1 aliphatic heterocycles. The summed E-state index contributed by atoms with van der Waals surface area (Å²) in [5.41, 5.74) is 3.85. The molecule has 2 heterocycles. The highest BCUT2D eigenvalue weighted by Gasteiger charge is 2.48. The van der Waals surface area contributed by atoms with Crippen molar-refractivity contribution in [1.29, 1.82) is 0 Å². The summed E-state index contributed by atoms with van der Waals surface area (Å²) in [6.45, 7) is 2.57. The predicted molar refractivity (Wildman–Crippen MR) is 131 cm³/mol. The maximum absolute atomic E-state index is 13.3. The molecule has 1 aromatic heterocycles. The molecule has 6 nitrogen and oxygen atoms in total. The van der Waals surface area contributed by atoms with E-state index in [9.17, 15) is 9.59 Å². The van der Waals surface area contributed by atoms with Crippen LogP contribution in [0, 0.1) is 0 Å². The van der Waals surface area contributed by atoms with E-state index in [-0.39, 0.29) is 18.4 Å². The van der Waals surface area contributed by atoms with E-state index in [2.05, 4.69) is 22.0 Å². The molecule has 166 valence electrons. The molecule has 33 heavy (non-hydrogen) atoms. The maximum atomic E-state index is 13.3. The zero-order valence-corrected chi connectivity index (χ0v) is 19.3. The average Bonchev–Trinajstić information content (AvgIpc) is 3.19. The number of para-hydroxylation sites is 3. The van der Waals surface area contributed by atoms with Gasteiger partial charge in [0.25, 0.3) is 5.91 Å². The monoisotopic (exact) mass is 456 g/mol. The first kappa shape index (κ1) is 21.3. The van der Waals surface area contributed by atoms with E-state index in [1.165, 1.54) is 11.8 Å². The predicted octanol–water partition coefficient (Wildman–Crippen LogP) is 4.23. The molecule has 0 aliphatic carbocycles. The van der Waals surface area contributed by atoms with E-state index in [1.54, 1.807) is 18.9 Å². The van der Waals surface area contributed by atoms with Gasteiger partial charge in [0.2, 0.25) is 5.91 Å². The molecular weight excluding hydrogens is 432 g/mol. The fraction of sp³-hybridized carbons (Fsp3) is 0.192. The van der Waals surface area contributed by atoms with Gasteiger partial charge < -0.3 is 14.8 Å². The Morgan fingerprint density at radius 2 is 1.70 bits per heavy atom. The summed E-state index contributed by atoms with van der Waals surface area (Å²) in [6.07, 6.45) is 0. The van der Waals surface area contributed by atoms with Gasteiger partial charge in [-0.1, -0.05) is 66.4 Å². The molecule has 1 aliphatic rings. The molecule has 1 N–H and O–H groups in total. The van der Waals surface area contributed by atoms with Gasteiger partial charge in [-0.05, 0) is 36.8 Å². The third-order valence-corrected chi connectivity index (χ3v) is 7.34. The molecule has 0 saturated carbocycles. The zero-order valence-electron chi connectivity index (χ0n) is 18.5. The molecule has 0 radical (unpaired) electrons. The number of rotatable bonds is 5. The van der Waals surface area contributed by atoms with Gasteiger partial charge in [0.1, 0.15) is 5.82 Å². The van der Waals surface area contributed by atoms with Gasteiger partial charge in [-0.3, -0.25) is 9.59 Å². The first-order valence-corrected chi connectivity index (χ1v) is 11.6. The lowest BCUT2D eigenvalue weighted by molar-refractivity contribution is -0.131. The van der Waals surface area contributed by atoms with Crippen LogP contribution in [0.4, 0.5) is 5.69 Å². The van der Waals surface area contributed by atoms with Crippen molar-refractivity contribution in [1.82, 2.24) is 14.9 Å². The molecule has 4 aromatic rings. The largest absolute Gasteiger partial charge is 0.347 e. The molecule has 0 saturated heterocycles. The first-order valence-electron chi connectivity index (χ1n) is 10.8. The third-order valence-electron chi connectivity index (χ3n) is 6.01. The number of aromatic nitrogens is 2. The van der Waals surface area contributed by atoms with Crippen molar-refractivity contribution in [2.45, 2.75) is 29.7 Å². The normalized spacial score (nSPS) is 17.8. The second-order valence-electron chi connectivity index (χ2n) is 8.24. The van der Waals surface area contributed by atoms with Crippen LogP contribution in [0.2, 0.25) is 0 Å². The van der Waals surface area contributed by atoms with Gasteiger partial charge in [0, 0.05) is 18.5 Å². The Balaban J connectivity index is 1.41. The van der Waals surface area contributed by atoms with Crippen LogP contribution < -0.4 is 10.2 Å². The Kier molecular flexibility index (Phi) is 5.42. The summed E-state index contributed by atoms with van der Waals surface area (Å²) in [6, 6.07) is 25.7. The van der Waals surface area contributed by atoms with E-state index in [0.717, 1.165) is 33.0 Å². The van der Waals surface area contributed by atoms with Crippen LogP contribution in [0.5, 0.6) is 0 Å². The Labute approximate surface area is 196 Å². The summed E-state index contributed by atoms with van der Waals surface area (Å²) in [5, 5.41) is 2.99. The summed E-state index contributed by atoms with van der Waals surface area (Å²) in [4.78, 5) is 33.7. The second-order valence-corrected chi connectivity index (χ2v) is 9.70. The summed E-state index contributed by atoms with van der Waals surface area (Å²) in [7, 11) is 1.71. The number of benzene rings is 3. The van der Waals surface area contributed by atoms with E-state index >= 15 is 0 Å². The number of carbonyl (C=O) groups is 2. The van der Waals surface area contributed by atoms with Gasteiger partial charge >= 0.3 is 0 Å². The topological polar surface area (TPSA) is 67.2 Å². The average molecular weight is 457 g/mol. The molecule has 1 atom stereocenters. The number of nitrogens with one attached hydrogen (secondary N) is 1. The maximum Gasteiger partial charge on any atom is 0.252 e. The van der Waals surface area contributed by atoms with Crippen molar-refractivity contribution in [2.75, 3.05) is 11.9 Å². The van der Waals surface area contributed by atoms with Crippen LogP contribution in [0.15, 0.2) is 83.8 Å². The lowest BCUT2D eigenvalue weighted by atomic mass is 10.1. The molecule has 0 bridgehead atoms. The molecule has 7 heteroatoms. The Morgan fingerprint density at radius 3 is 2.52 bits per heavy atom. The lowest BCUT2D eigenvalue weighted by Crippen LogP contribution is -2.55. The van der Waals surface area contributed by atoms with E-state index in [4.69, 9.17) is 4.98 Å². The van der Waals surface area contributed by atoms with Crippen LogP contribution in [0.25, 0.3) is 11.0 Å². The minimum absolute atomic E-state index is 0.231. The number of hydrogen-bond donors (Lipinski definition) is 1. The van der Waals surface area contributed by atoms with Gasteiger partial charge in [0.05, 0.1) is 23.3 Å². The first-order chi connectivity index (χ1) is 16.0. The number of hydrogen-bond acceptors (Lipinski definition) is 4. The molecule has 1 unspecified atom stereocenters. The lowest BCUT2D eigenvalue weighted by Gasteiger charge is -2.36. The number of thioether (sulfide) groups is 1. The smallest absolute Gasteiger partial charge is 0.252 e. The van der Waals surface area contributed by atoms with Crippen LogP contribution >= 0.6 is 11.8 Å². The Hall–Kier alpha value is -3.58. The summed E-state index contributed by atoms with van der Waals surface area (Å²) >= 11 is 1.30. The summed E-state index contributed by atoms with van der Waals surface area (Å²) in [5.74, 6) is 0.192. The highest BCUT2D eigenvalue weighted by atomic mass is 32.2. The van der Waals surface area contributed by atoms with Crippen LogP contribution in [0.1, 0.15) is 18.3 Å². The minimum atomic E-state index is -1.25. The van der Waals surface area contributed by atoms with Crippen molar-refractivity contribution >= 4 is 40.3 Å². The van der Waals surface area contributed by atoms with E-state index in [0.29, 0.717) is 6.54 Å². The second kappa shape index (κ2) is 8.41. The quantitative estimate of drug-likeness (QED) is 0.457. The Bertz CT molecular complexity index is 1350. The van der Waals surface area contributed by atoms with E-state index < -0.39 is 4.75 Å². The SMILES string of the molecule is CN1C(=O)C(C)(C(=O)NCc2nc3ccccc3n2Cc2ccccc2)Sc2ccccc21. The van der Waals surface area contributed by atoms with Crippen LogP contribution in [0.3, 0.4) is 0 Å². The van der Waals surface area contributed by atoms with E-state index in [1.807, 2.05) is 66.7 Å². The number of nitrogens with zero attached hydrogens (tertiary/aromatic N) is 3. The molecule has 5 rings (SSSR count). The molecular formula is C26H24N4O2S. The van der Waals surface area contributed by atoms with Crippen LogP contribution in [-0.2, 0) is 22.7 Å².